The normalized spacial score (nSPS) is 7.12. The molecule has 0 heterocycles. The van der Waals surface area contributed by atoms with E-state index in [0.717, 1.165) is 0 Å². The molecule has 0 bridgehead atoms. The largest absolute Gasteiger partial charge is 1.00 e. The molecule has 0 spiro atoms. The quantitative estimate of drug-likeness (QED) is 0.334. The van der Waals surface area contributed by atoms with Crippen molar-refractivity contribution in [2.24, 2.45) is 0 Å². The van der Waals surface area contributed by atoms with Crippen molar-refractivity contribution in [3.8, 4) is 0 Å². The maximum Gasteiger partial charge on any atom is 1.00 e. The summed E-state index contributed by atoms with van der Waals surface area (Å²) in [6.45, 7) is 4.38. The van der Waals surface area contributed by atoms with Gasteiger partial charge in [0, 0.05) is 12.2 Å². The standard InChI is InChI=1S/C5H7O2.Cu/c1-4(6)3-5(2)7;/h1,3H2,2H3;/q-1;+1. The third kappa shape index (κ3) is 9.21. The number of ketones is 2. The summed E-state index contributed by atoms with van der Waals surface area (Å²) in [4.78, 5) is 19.9. The van der Waals surface area contributed by atoms with Gasteiger partial charge in [0.15, 0.2) is 0 Å². The van der Waals surface area contributed by atoms with E-state index in [0.29, 0.717) is 0 Å². The first kappa shape index (κ1) is 10.7. The van der Waals surface area contributed by atoms with E-state index in [1.165, 1.54) is 6.92 Å². The number of hydrogen-bond acceptors (Lipinski definition) is 2. The van der Waals surface area contributed by atoms with Gasteiger partial charge in [-0.15, -0.1) is 0 Å². The summed E-state index contributed by atoms with van der Waals surface area (Å²) in [6, 6.07) is 0. The van der Waals surface area contributed by atoms with E-state index in [1.54, 1.807) is 0 Å². The number of Topliss-reactive ketones (excluding diaryl/α,β-unsaturated/α-hetero) is 2. The zero-order chi connectivity index (χ0) is 5.86. The van der Waals surface area contributed by atoms with Gasteiger partial charge < -0.3 is 11.7 Å². The van der Waals surface area contributed by atoms with Crippen molar-refractivity contribution < 1.29 is 26.7 Å². The molecule has 0 aromatic heterocycles. The molecule has 0 aromatic rings. The minimum absolute atomic E-state index is 0. The molecule has 0 fully saturated rings. The zero-order valence-corrected chi connectivity index (χ0v) is 5.47. The summed E-state index contributed by atoms with van der Waals surface area (Å²) in [5.41, 5.74) is 0. The summed E-state index contributed by atoms with van der Waals surface area (Å²) in [5, 5.41) is 0. The van der Waals surface area contributed by atoms with Gasteiger partial charge in [-0.1, -0.05) is 0 Å². The Morgan fingerprint density at radius 1 is 1.50 bits per heavy atom. The molecule has 8 heavy (non-hydrogen) atoms. The number of carbonyl (C=O) groups is 2. The maximum absolute atomic E-state index is 9.99. The molecule has 0 atom stereocenters. The molecule has 0 amide bonds. The van der Waals surface area contributed by atoms with Gasteiger partial charge in [-0.05, 0) is 6.92 Å². The molecule has 0 N–H and O–H groups in total. The fourth-order valence-corrected chi connectivity index (χ4v) is 0.278. The molecular formula is C5H7CuO2. The van der Waals surface area contributed by atoms with Crippen molar-refractivity contribution in [3.63, 3.8) is 0 Å². The van der Waals surface area contributed by atoms with E-state index >= 15 is 0 Å². The molecule has 0 aliphatic carbocycles. The van der Waals surface area contributed by atoms with Crippen molar-refractivity contribution in [3.05, 3.63) is 6.92 Å². The van der Waals surface area contributed by atoms with E-state index in [1.807, 2.05) is 0 Å². The van der Waals surface area contributed by atoms with Crippen LogP contribution in [0.4, 0.5) is 0 Å². The summed E-state index contributed by atoms with van der Waals surface area (Å²) in [5.74, 6) is -0.437. The second kappa shape index (κ2) is 4.88. The Morgan fingerprint density at radius 3 is 1.88 bits per heavy atom. The van der Waals surface area contributed by atoms with E-state index in [-0.39, 0.29) is 35.1 Å². The Kier molecular flexibility index (Phi) is 6.50. The summed E-state index contributed by atoms with van der Waals surface area (Å²) >= 11 is 0. The molecule has 2 nitrogen and oxygen atoms in total. The van der Waals surface area contributed by atoms with E-state index in [2.05, 4.69) is 6.92 Å². The molecular weight excluding hydrogens is 156 g/mol. The van der Waals surface area contributed by atoms with Crippen LogP contribution < -0.4 is 0 Å². The fourth-order valence-electron chi connectivity index (χ4n) is 0.278. The maximum atomic E-state index is 9.99. The Hall–Kier alpha value is -0.271. The van der Waals surface area contributed by atoms with E-state index in [9.17, 15) is 9.59 Å². The van der Waals surface area contributed by atoms with Crippen molar-refractivity contribution in [1.82, 2.24) is 0 Å². The summed E-state index contributed by atoms with van der Waals surface area (Å²) < 4.78 is 0. The van der Waals surface area contributed by atoms with Crippen LogP contribution in [0.25, 0.3) is 0 Å². The van der Waals surface area contributed by atoms with Crippen LogP contribution in [0.1, 0.15) is 13.3 Å². The van der Waals surface area contributed by atoms with Crippen molar-refractivity contribution in [2.45, 2.75) is 13.3 Å². The molecule has 0 unspecified atom stereocenters. The molecule has 0 saturated carbocycles. The average molecular weight is 163 g/mol. The number of carbonyl (C=O) groups excluding carboxylic acids is 2. The molecule has 0 aliphatic rings. The molecule has 0 aromatic carbocycles. The second-order valence-corrected chi connectivity index (χ2v) is 1.42. The van der Waals surface area contributed by atoms with Gasteiger partial charge in [0.2, 0.25) is 0 Å². The average Bonchev–Trinajstić information content (AvgIpc) is 1.27. The Morgan fingerprint density at radius 2 is 1.88 bits per heavy atom. The molecule has 0 aliphatic heterocycles. The van der Waals surface area contributed by atoms with Crippen LogP contribution in [-0.2, 0) is 26.7 Å². The first-order chi connectivity index (χ1) is 3.13. The third-order valence-electron chi connectivity index (χ3n) is 0.446. The van der Waals surface area contributed by atoms with E-state index < -0.39 is 0 Å². The Bertz CT molecular complexity index is 86.6. The van der Waals surface area contributed by atoms with Crippen molar-refractivity contribution >= 4 is 11.6 Å². The Labute approximate surface area is 59.1 Å². The van der Waals surface area contributed by atoms with Crippen LogP contribution in [0.2, 0.25) is 0 Å². The first-order valence-electron chi connectivity index (χ1n) is 1.97. The smallest absolute Gasteiger partial charge is 0.339 e. The number of rotatable bonds is 2. The molecule has 0 rings (SSSR count). The van der Waals surface area contributed by atoms with Gasteiger partial charge in [-0.2, -0.15) is 0 Å². The SMILES string of the molecule is [CH2-]C(=O)CC(C)=O.[Cu+]. The van der Waals surface area contributed by atoms with Crippen molar-refractivity contribution in [2.75, 3.05) is 0 Å². The van der Waals surface area contributed by atoms with Crippen LogP contribution in [0.5, 0.6) is 0 Å². The van der Waals surface area contributed by atoms with Crippen molar-refractivity contribution in [1.29, 1.82) is 0 Å². The minimum atomic E-state index is -0.312. The predicted octanol–water partition coefficient (Wildman–Crippen LogP) is 0.366. The van der Waals surface area contributed by atoms with Gasteiger partial charge in [-0.3, -0.25) is 4.79 Å². The molecule has 3 heteroatoms. The molecule has 0 radical (unpaired) electrons. The van der Waals surface area contributed by atoms with Gasteiger partial charge >= 0.3 is 17.1 Å². The van der Waals surface area contributed by atoms with Crippen LogP contribution in [-0.4, -0.2) is 11.6 Å². The zero-order valence-electron chi connectivity index (χ0n) is 4.53. The van der Waals surface area contributed by atoms with E-state index in [4.69, 9.17) is 0 Å². The molecule has 0 saturated heterocycles. The van der Waals surface area contributed by atoms with Gasteiger partial charge in [0.05, 0.1) is 0 Å². The van der Waals surface area contributed by atoms with Gasteiger partial charge in [0.25, 0.3) is 0 Å². The summed E-state index contributed by atoms with van der Waals surface area (Å²) in [6.07, 6.45) is -0.0278. The minimum Gasteiger partial charge on any atom is -0.339 e. The molecule has 50 valence electrons. The third-order valence-corrected chi connectivity index (χ3v) is 0.446. The fraction of sp³-hybridized carbons (Fsp3) is 0.400. The Balaban J connectivity index is 0. The van der Waals surface area contributed by atoms with Crippen LogP contribution in [0.3, 0.4) is 0 Å². The predicted molar refractivity (Wildman–Crippen MR) is 25.7 cm³/mol. The van der Waals surface area contributed by atoms with Crippen LogP contribution >= 0.6 is 0 Å². The van der Waals surface area contributed by atoms with Gasteiger partial charge in [-0.25, -0.2) is 0 Å². The second-order valence-electron chi connectivity index (χ2n) is 1.42. The number of hydrogen-bond donors (Lipinski definition) is 0. The van der Waals surface area contributed by atoms with Gasteiger partial charge in [0.1, 0.15) is 5.78 Å². The van der Waals surface area contributed by atoms with Crippen LogP contribution in [0.15, 0.2) is 0 Å². The topological polar surface area (TPSA) is 34.1 Å². The summed E-state index contributed by atoms with van der Waals surface area (Å²) in [7, 11) is 0. The monoisotopic (exact) mass is 162 g/mol. The van der Waals surface area contributed by atoms with Crippen LogP contribution in [0, 0.1) is 6.92 Å². The first-order valence-corrected chi connectivity index (χ1v) is 1.97.